The summed E-state index contributed by atoms with van der Waals surface area (Å²) < 4.78 is 15.9. The molecule has 0 aliphatic rings. The standard InChI is InChI=1S/C27H53NO5/c1-6-7-8-9-10-11-12-13-14-15-16-17-18-19-21-31-22-20-23-32-25(29)24(2)28-26(30)33-27(3,4)5/h24H,6-23H2,1-5H3,(H,28,30)/t24-/m0/s1. The number of ether oxygens (including phenoxy) is 3. The topological polar surface area (TPSA) is 73.9 Å². The zero-order valence-electron chi connectivity index (χ0n) is 22.3. The van der Waals surface area contributed by atoms with E-state index in [2.05, 4.69) is 12.2 Å². The Labute approximate surface area is 203 Å². The van der Waals surface area contributed by atoms with Gasteiger partial charge in [-0.05, 0) is 34.1 Å². The molecule has 0 radical (unpaired) electrons. The van der Waals surface area contributed by atoms with Gasteiger partial charge in [-0.2, -0.15) is 0 Å². The van der Waals surface area contributed by atoms with Crippen LogP contribution >= 0.6 is 0 Å². The molecule has 0 aliphatic carbocycles. The molecule has 0 aromatic rings. The number of hydrogen-bond acceptors (Lipinski definition) is 5. The zero-order chi connectivity index (χ0) is 24.8. The van der Waals surface area contributed by atoms with Gasteiger partial charge in [0, 0.05) is 19.6 Å². The summed E-state index contributed by atoms with van der Waals surface area (Å²) in [6.45, 7) is 10.8. The quantitative estimate of drug-likeness (QED) is 0.140. The molecule has 0 fully saturated rings. The van der Waals surface area contributed by atoms with E-state index >= 15 is 0 Å². The molecule has 0 aliphatic heterocycles. The van der Waals surface area contributed by atoms with E-state index in [4.69, 9.17) is 14.2 Å². The van der Waals surface area contributed by atoms with E-state index in [1.165, 1.54) is 83.5 Å². The van der Waals surface area contributed by atoms with Gasteiger partial charge in [0.1, 0.15) is 11.6 Å². The number of hydrogen-bond donors (Lipinski definition) is 1. The number of rotatable bonds is 21. The molecule has 0 aromatic carbocycles. The molecule has 0 aromatic heterocycles. The second kappa shape index (κ2) is 21.2. The lowest BCUT2D eigenvalue weighted by molar-refractivity contribution is -0.146. The molecule has 1 atom stereocenters. The van der Waals surface area contributed by atoms with Crippen LogP contribution in [0, 0.1) is 0 Å². The van der Waals surface area contributed by atoms with Crippen LogP contribution in [-0.2, 0) is 19.0 Å². The van der Waals surface area contributed by atoms with Crippen molar-refractivity contribution in [1.29, 1.82) is 0 Å². The van der Waals surface area contributed by atoms with Gasteiger partial charge in [0.25, 0.3) is 0 Å². The molecule has 196 valence electrons. The Hall–Kier alpha value is -1.30. The summed E-state index contributed by atoms with van der Waals surface area (Å²) in [5.41, 5.74) is -0.599. The third-order valence-electron chi connectivity index (χ3n) is 5.41. The molecule has 0 unspecified atom stereocenters. The monoisotopic (exact) mass is 471 g/mol. The van der Waals surface area contributed by atoms with E-state index in [0.717, 1.165) is 13.0 Å². The lowest BCUT2D eigenvalue weighted by Gasteiger charge is -2.21. The van der Waals surface area contributed by atoms with Crippen LogP contribution in [0.4, 0.5) is 4.79 Å². The summed E-state index contributed by atoms with van der Waals surface area (Å²) in [6.07, 6.45) is 19.0. The highest BCUT2D eigenvalue weighted by atomic mass is 16.6. The summed E-state index contributed by atoms with van der Waals surface area (Å²) in [5.74, 6) is -0.465. The third kappa shape index (κ3) is 23.6. The van der Waals surface area contributed by atoms with Crippen molar-refractivity contribution >= 4 is 12.1 Å². The average Bonchev–Trinajstić information content (AvgIpc) is 2.73. The SMILES string of the molecule is CCCCCCCCCCCCCCCCOCCCOC(=O)[C@H](C)NC(=O)OC(C)(C)C. The van der Waals surface area contributed by atoms with Crippen LogP contribution in [0.2, 0.25) is 0 Å². The van der Waals surface area contributed by atoms with Crippen LogP contribution in [0.25, 0.3) is 0 Å². The fourth-order valence-electron chi connectivity index (χ4n) is 3.50. The maximum absolute atomic E-state index is 11.9. The number of alkyl carbamates (subject to hydrolysis) is 1. The Morgan fingerprint density at radius 1 is 0.697 bits per heavy atom. The Morgan fingerprint density at radius 3 is 1.64 bits per heavy atom. The minimum absolute atomic E-state index is 0.290. The molecule has 6 nitrogen and oxygen atoms in total. The second-order valence-electron chi connectivity index (χ2n) is 10.1. The van der Waals surface area contributed by atoms with E-state index in [9.17, 15) is 9.59 Å². The maximum Gasteiger partial charge on any atom is 0.408 e. The van der Waals surface area contributed by atoms with E-state index in [-0.39, 0.29) is 6.61 Å². The van der Waals surface area contributed by atoms with Crippen LogP contribution in [0.15, 0.2) is 0 Å². The fourth-order valence-corrected chi connectivity index (χ4v) is 3.50. The minimum atomic E-state index is -0.740. The first-order valence-corrected chi connectivity index (χ1v) is 13.5. The van der Waals surface area contributed by atoms with E-state index in [0.29, 0.717) is 13.0 Å². The van der Waals surface area contributed by atoms with E-state index in [1.54, 1.807) is 27.7 Å². The summed E-state index contributed by atoms with van der Waals surface area (Å²) in [5, 5.41) is 2.48. The number of esters is 1. The van der Waals surface area contributed by atoms with Crippen molar-refractivity contribution in [2.24, 2.45) is 0 Å². The molecule has 0 rings (SSSR count). The van der Waals surface area contributed by atoms with Crippen molar-refractivity contribution in [2.45, 2.75) is 143 Å². The lowest BCUT2D eigenvalue weighted by atomic mass is 10.0. The van der Waals surface area contributed by atoms with Crippen LogP contribution in [0.1, 0.15) is 131 Å². The van der Waals surface area contributed by atoms with Crippen LogP contribution in [0.5, 0.6) is 0 Å². The van der Waals surface area contributed by atoms with Gasteiger partial charge >= 0.3 is 12.1 Å². The predicted octanol–water partition coefficient (Wildman–Crippen LogP) is 7.33. The number of amides is 1. The molecule has 0 heterocycles. The fraction of sp³-hybridized carbons (Fsp3) is 0.926. The Balaban J connectivity index is 3.35. The number of carbonyl (C=O) groups excluding carboxylic acids is 2. The van der Waals surface area contributed by atoms with E-state index in [1.807, 2.05) is 0 Å². The highest BCUT2D eigenvalue weighted by Gasteiger charge is 2.21. The van der Waals surface area contributed by atoms with Crippen LogP contribution in [0.3, 0.4) is 0 Å². The van der Waals surface area contributed by atoms with Crippen molar-refractivity contribution in [3.05, 3.63) is 0 Å². The molecule has 1 N–H and O–H groups in total. The first kappa shape index (κ1) is 31.7. The summed E-state index contributed by atoms with van der Waals surface area (Å²) >= 11 is 0. The molecule has 0 saturated carbocycles. The molecular weight excluding hydrogens is 418 g/mol. The van der Waals surface area contributed by atoms with Gasteiger partial charge in [-0.1, -0.05) is 90.4 Å². The van der Waals surface area contributed by atoms with Gasteiger partial charge in [0.15, 0.2) is 0 Å². The molecule has 0 saturated heterocycles. The number of carbonyl (C=O) groups is 2. The highest BCUT2D eigenvalue weighted by molar-refractivity contribution is 5.80. The minimum Gasteiger partial charge on any atom is -0.464 e. The zero-order valence-corrected chi connectivity index (χ0v) is 22.3. The van der Waals surface area contributed by atoms with Crippen molar-refractivity contribution < 1.29 is 23.8 Å². The van der Waals surface area contributed by atoms with Gasteiger partial charge < -0.3 is 19.5 Å². The summed E-state index contributed by atoms with van der Waals surface area (Å²) in [4.78, 5) is 23.6. The van der Waals surface area contributed by atoms with Crippen LogP contribution in [-0.4, -0.2) is 43.5 Å². The normalized spacial score (nSPS) is 12.4. The molecule has 33 heavy (non-hydrogen) atoms. The van der Waals surface area contributed by atoms with Crippen molar-refractivity contribution in [3.63, 3.8) is 0 Å². The first-order valence-electron chi connectivity index (χ1n) is 13.5. The van der Waals surface area contributed by atoms with Gasteiger partial charge in [-0.3, -0.25) is 0 Å². The first-order chi connectivity index (χ1) is 15.8. The lowest BCUT2D eigenvalue weighted by Crippen LogP contribution is -2.42. The summed E-state index contributed by atoms with van der Waals surface area (Å²) in [6, 6.07) is -0.740. The Kier molecular flexibility index (Phi) is 20.4. The second-order valence-corrected chi connectivity index (χ2v) is 10.1. The number of unbranched alkanes of at least 4 members (excludes halogenated alkanes) is 13. The smallest absolute Gasteiger partial charge is 0.408 e. The third-order valence-corrected chi connectivity index (χ3v) is 5.41. The number of nitrogens with one attached hydrogen (secondary N) is 1. The molecule has 1 amide bonds. The van der Waals surface area contributed by atoms with Gasteiger partial charge in [0.05, 0.1) is 6.61 Å². The van der Waals surface area contributed by atoms with Gasteiger partial charge in [-0.25, -0.2) is 9.59 Å². The molecule has 0 spiro atoms. The maximum atomic E-state index is 11.9. The average molecular weight is 472 g/mol. The Morgan fingerprint density at radius 2 is 1.15 bits per heavy atom. The predicted molar refractivity (Wildman–Crippen MR) is 136 cm³/mol. The molecule has 6 heteroatoms. The Bertz CT molecular complexity index is 476. The van der Waals surface area contributed by atoms with Crippen molar-refractivity contribution in [2.75, 3.05) is 19.8 Å². The van der Waals surface area contributed by atoms with Gasteiger partial charge in [0.2, 0.25) is 0 Å². The van der Waals surface area contributed by atoms with Crippen LogP contribution < -0.4 is 5.32 Å². The molecule has 0 bridgehead atoms. The van der Waals surface area contributed by atoms with Gasteiger partial charge in [-0.15, -0.1) is 0 Å². The van der Waals surface area contributed by atoms with Crippen molar-refractivity contribution in [3.8, 4) is 0 Å². The van der Waals surface area contributed by atoms with E-state index < -0.39 is 23.7 Å². The molecular formula is C27H53NO5. The van der Waals surface area contributed by atoms with Crippen molar-refractivity contribution in [1.82, 2.24) is 5.32 Å². The summed E-state index contributed by atoms with van der Waals surface area (Å²) in [7, 11) is 0. The highest BCUT2D eigenvalue weighted by Crippen LogP contribution is 2.13. The largest absolute Gasteiger partial charge is 0.464 e.